The van der Waals surface area contributed by atoms with Gasteiger partial charge in [0.1, 0.15) is 0 Å². The Morgan fingerprint density at radius 2 is 1.69 bits per heavy atom. The van der Waals surface area contributed by atoms with Gasteiger partial charge in [0.05, 0.1) is 0 Å². The highest BCUT2D eigenvalue weighted by Crippen LogP contribution is 2.34. The highest BCUT2D eigenvalue weighted by Gasteiger charge is 2.06. The van der Waals surface area contributed by atoms with Crippen molar-refractivity contribution in [3.05, 3.63) is 57.5 Å². The van der Waals surface area contributed by atoms with Gasteiger partial charge in [-0.05, 0) is 51.2 Å². The molecule has 1 aromatic heterocycles. The third-order valence-corrected chi connectivity index (χ3v) is 4.87. The quantitative estimate of drug-likeness (QED) is 0.538. The maximum Gasteiger partial charge on any atom is 0.0482 e. The molecular formula is C14H9IS. The molecule has 0 N–H and O–H groups in total. The molecule has 3 rings (SSSR count). The second-order valence-electron chi connectivity index (χ2n) is 3.62. The molecular weight excluding hydrogens is 327 g/mol. The van der Waals surface area contributed by atoms with E-state index < -0.39 is 0 Å². The summed E-state index contributed by atoms with van der Waals surface area (Å²) in [4.78, 5) is 0. The average molecular weight is 336 g/mol. The summed E-state index contributed by atoms with van der Waals surface area (Å²) in [6, 6.07) is 17.2. The highest BCUT2D eigenvalue weighted by molar-refractivity contribution is 14.1. The van der Waals surface area contributed by atoms with Crippen molar-refractivity contribution < 1.29 is 0 Å². The van der Waals surface area contributed by atoms with Gasteiger partial charge in [-0.25, -0.2) is 0 Å². The van der Waals surface area contributed by atoms with E-state index >= 15 is 0 Å². The molecule has 0 saturated heterocycles. The smallest absolute Gasteiger partial charge is 0.0482 e. The van der Waals surface area contributed by atoms with Crippen molar-refractivity contribution in [3.8, 4) is 11.1 Å². The van der Waals surface area contributed by atoms with Gasteiger partial charge >= 0.3 is 0 Å². The summed E-state index contributed by atoms with van der Waals surface area (Å²) in [5, 5.41) is 3.53. The van der Waals surface area contributed by atoms with Crippen LogP contribution in [0.15, 0.2) is 53.9 Å². The number of rotatable bonds is 1. The summed E-state index contributed by atoms with van der Waals surface area (Å²) in [7, 11) is 0. The Balaban J connectivity index is 2.33. The van der Waals surface area contributed by atoms with Crippen molar-refractivity contribution in [2.45, 2.75) is 0 Å². The fraction of sp³-hybridized carbons (Fsp3) is 0. The molecule has 2 aromatic carbocycles. The van der Waals surface area contributed by atoms with E-state index in [1.165, 1.54) is 24.8 Å². The van der Waals surface area contributed by atoms with Crippen LogP contribution in [0.2, 0.25) is 0 Å². The number of thiophene rings is 1. The first-order valence-electron chi connectivity index (χ1n) is 5.07. The van der Waals surface area contributed by atoms with Crippen molar-refractivity contribution >= 4 is 44.0 Å². The van der Waals surface area contributed by atoms with E-state index in [4.69, 9.17) is 0 Å². The average Bonchev–Trinajstić information content (AvgIpc) is 2.81. The molecule has 0 spiro atoms. The SMILES string of the molecule is Ic1ccc(-c2ccccc2)c2ccsc12. The van der Waals surface area contributed by atoms with Gasteiger partial charge in [-0.1, -0.05) is 36.4 Å². The van der Waals surface area contributed by atoms with Crippen molar-refractivity contribution in [3.63, 3.8) is 0 Å². The van der Waals surface area contributed by atoms with Gasteiger partial charge in [0.25, 0.3) is 0 Å². The molecule has 0 amide bonds. The van der Waals surface area contributed by atoms with Gasteiger partial charge in [0, 0.05) is 13.7 Å². The largest absolute Gasteiger partial charge is 0.143 e. The normalized spacial score (nSPS) is 10.8. The van der Waals surface area contributed by atoms with E-state index in [1.807, 2.05) is 11.3 Å². The molecule has 0 fully saturated rings. The van der Waals surface area contributed by atoms with Gasteiger partial charge < -0.3 is 0 Å². The lowest BCUT2D eigenvalue weighted by molar-refractivity contribution is 1.66. The van der Waals surface area contributed by atoms with Crippen LogP contribution in [0.5, 0.6) is 0 Å². The first-order chi connectivity index (χ1) is 7.86. The summed E-state index contributed by atoms with van der Waals surface area (Å²) in [6.07, 6.45) is 0. The van der Waals surface area contributed by atoms with E-state index in [2.05, 4.69) is 76.5 Å². The van der Waals surface area contributed by atoms with Crippen molar-refractivity contribution in [2.24, 2.45) is 0 Å². The molecule has 0 aliphatic carbocycles. The first kappa shape index (κ1) is 10.3. The molecule has 0 unspecified atom stereocenters. The first-order valence-corrected chi connectivity index (χ1v) is 7.03. The molecule has 0 nitrogen and oxygen atoms in total. The fourth-order valence-electron chi connectivity index (χ4n) is 1.90. The minimum absolute atomic E-state index is 1.29. The third-order valence-electron chi connectivity index (χ3n) is 2.65. The maximum absolute atomic E-state index is 2.40. The summed E-state index contributed by atoms with van der Waals surface area (Å²) in [6.45, 7) is 0. The van der Waals surface area contributed by atoms with Gasteiger partial charge in [-0.3, -0.25) is 0 Å². The van der Waals surface area contributed by atoms with Crippen LogP contribution in [0, 0.1) is 3.57 Å². The number of benzene rings is 2. The highest BCUT2D eigenvalue weighted by atomic mass is 127. The van der Waals surface area contributed by atoms with Crippen molar-refractivity contribution in [1.29, 1.82) is 0 Å². The minimum atomic E-state index is 1.29. The van der Waals surface area contributed by atoms with E-state index in [0.29, 0.717) is 0 Å². The molecule has 0 aliphatic rings. The summed E-state index contributed by atoms with van der Waals surface area (Å²) < 4.78 is 2.73. The standard InChI is InChI=1S/C14H9IS/c15-13-7-6-11(10-4-2-1-3-5-10)12-8-9-16-14(12)13/h1-9H. The Bertz CT molecular complexity index is 626. The summed E-state index contributed by atoms with van der Waals surface area (Å²) in [5.41, 5.74) is 2.62. The molecule has 3 aromatic rings. The van der Waals surface area contributed by atoms with Crippen LogP contribution in [-0.4, -0.2) is 0 Å². The zero-order chi connectivity index (χ0) is 11.0. The Hall–Kier alpha value is -0.870. The Labute approximate surface area is 112 Å². The Morgan fingerprint density at radius 3 is 2.50 bits per heavy atom. The monoisotopic (exact) mass is 336 g/mol. The van der Waals surface area contributed by atoms with Crippen LogP contribution >= 0.6 is 33.9 Å². The van der Waals surface area contributed by atoms with E-state index in [-0.39, 0.29) is 0 Å². The number of hydrogen-bond acceptors (Lipinski definition) is 1. The van der Waals surface area contributed by atoms with E-state index in [0.717, 1.165) is 0 Å². The minimum Gasteiger partial charge on any atom is -0.143 e. The fourth-order valence-corrected chi connectivity index (χ4v) is 3.58. The van der Waals surface area contributed by atoms with Crippen LogP contribution in [0.3, 0.4) is 0 Å². The predicted molar refractivity (Wildman–Crippen MR) is 80.0 cm³/mol. The van der Waals surface area contributed by atoms with Crippen LogP contribution in [0.1, 0.15) is 0 Å². The molecule has 16 heavy (non-hydrogen) atoms. The topological polar surface area (TPSA) is 0 Å². The second kappa shape index (κ2) is 4.18. The maximum atomic E-state index is 2.40. The molecule has 0 atom stereocenters. The lowest BCUT2D eigenvalue weighted by Crippen LogP contribution is -1.79. The van der Waals surface area contributed by atoms with Crippen LogP contribution in [0.4, 0.5) is 0 Å². The van der Waals surface area contributed by atoms with E-state index in [9.17, 15) is 0 Å². The Morgan fingerprint density at radius 1 is 0.875 bits per heavy atom. The zero-order valence-electron chi connectivity index (χ0n) is 8.48. The van der Waals surface area contributed by atoms with Crippen molar-refractivity contribution in [1.82, 2.24) is 0 Å². The number of fused-ring (bicyclic) bond motifs is 1. The predicted octanol–water partition coefficient (Wildman–Crippen LogP) is 5.17. The van der Waals surface area contributed by atoms with Gasteiger partial charge in [0.2, 0.25) is 0 Å². The lowest BCUT2D eigenvalue weighted by Gasteiger charge is -2.04. The second-order valence-corrected chi connectivity index (χ2v) is 5.70. The molecule has 1 heterocycles. The molecule has 0 radical (unpaired) electrons. The van der Waals surface area contributed by atoms with Crippen LogP contribution < -0.4 is 0 Å². The van der Waals surface area contributed by atoms with Crippen molar-refractivity contribution in [2.75, 3.05) is 0 Å². The van der Waals surface area contributed by atoms with Crippen LogP contribution in [0.25, 0.3) is 21.2 Å². The molecule has 0 aliphatic heterocycles. The molecule has 0 saturated carbocycles. The Kier molecular flexibility index (Phi) is 2.69. The molecule has 2 heteroatoms. The van der Waals surface area contributed by atoms with Crippen LogP contribution in [-0.2, 0) is 0 Å². The van der Waals surface area contributed by atoms with Gasteiger partial charge in [-0.15, -0.1) is 11.3 Å². The van der Waals surface area contributed by atoms with E-state index in [1.54, 1.807) is 0 Å². The third kappa shape index (κ3) is 1.66. The van der Waals surface area contributed by atoms with Gasteiger partial charge in [0.15, 0.2) is 0 Å². The molecule has 0 bridgehead atoms. The number of halogens is 1. The lowest BCUT2D eigenvalue weighted by atomic mass is 10.0. The number of hydrogen-bond donors (Lipinski definition) is 0. The molecule has 78 valence electrons. The van der Waals surface area contributed by atoms with Gasteiger partial charge in [-0.2, -0.15) is 0 Å². The zero-order valence-corrected chi connectivity index (χ0v) is 11.5. The summed E-state index contributed by atoms with van der Waals surface area (Å²) in [5.74, 6) is 0. The summed E-state index contributed by atoms with van der Waals surface area (Å²) >= 11 is 4.22.